The van der Waals surface area contributed by atoms with Crippen LogP contribution >= 0.6 is 0 Å². The third-order valence-electron chi connectivity index (χ3n) is 1.77. The van der Waals surface area contributed by atoms with Crippen LogP contribution in [0.1, 0.15) is 34.7 Å². The summed E-state index contributed by atoms with van der Waals surface area (Å²) in [5.74, 6) is -0.0388. The Morgan fingerprint density at radius 1 is 1.25 bits per heavy atom. The van der Waals surface area contributed by atoms with E-state index in [1.54, 1.807) is 23.9 Å². The zero-order valence-electron chi connectivity index (χ0n) is 7.42. The Kier molecular flexibility index (Phi) is 2.13. The molecule has 1 aromatic rings. The summed E-state index contributed by atoms with van der Waals surface area (Å²) >= 11 is 0. The van der Waals surface area contributed by atoms with Crippen LogP contribution in [0.25, 0.3) is 0 Å². The summed E-state index contributed by atoms with van der Waals surface area (Å²) in [5.41, 5.74) is 1.16. The molecule has 0 fully saturated rings. The van der Waals surface area contributed by atoms with Crippen LogP contribution in [-0.4, -0.2) is 16.1 Å². The average molecular weight is 165 g/mol. The Labute approximate surface area is 71.0 Å². The lowest BCUT2D eigenvalue weighted by Crippen LogP contribution is -1.99. The second kappa shape index (κ2) is 2.93. The summed E-state index contributed by atoms with van der Waals surface area (Å²) in [6.07, 6.45) is 1.67. The third kappa shape index (κ3) is 1.44. The highest BCUT2D eigenvalue weighted by atomic mass is 16.1. The van der Waals surface area contributed by atoms with Gasteiger partial charge in [-0.15, -0.1) is 0 Å². The van der Waals surface area contributed by atoms with Crippen molar-refractivity contribution in [3.05, 3.63) is 23.5 Å². The predicted molar refractivity (Wildman–Crippen MR) is 45.4 cm³/mol. The quantitative estimate of drug-likeness (QED) is 0.622. The number of rotatable bonds is 2. The number of carbonyl (C=O) groups excluding carboxylic acids is 2. The topological polar surface area (TPSA) is 39.1 Å². The van der Waals surface area contributed by atoms with Crippen LogP contribution in [0.4, 0.5) is 0 Å². The van der Waals surface area contributed by atoms with Gasteiger partial charge in [-0.1, -0.05) is 0 Å². The maximum Gasteiger partial charge on any atom is 0.176 e. The van der Waals surface area contributed by atoms with E-state index in [1.165, 1.54) is 13.8 Å². The van der Waals surface area contributed by atoms with Crippen LogP contribution in [0.3, 0.4) is 0 Å². The first-order valence-electron chi connectivity index (χ1n) is 3.70. The molecule has 0 aliphatic carbocycles. The molecule has 3 heteroatoms. The van der Waals surface area contributed by atoms with Gasteiger partial charge < -0.3 is 4.57 Å². The van der Waals surface area contributed by atoms with Crippen LogP contribution in [0.2, 0.25) is 0 Å². The number of ketones is 2. The van der Waals surface area contributed by atoms with Gasteiger partial charge in [0, 0.05) is 25.7 Å². The van der Waals surface area contributed by atoms with Crippen LogP contribution in [0, 0.1) is 0 Å². The number of Topliss-reactive ketones (excluding diaryl/α,β-unsaturated/α-hetero) is 2. The number of aromatic nitrogens is 1. The summed E-state index contributed by atoms with van der Waals surface area (Å²) in [6, 6.07) is 1.62. The van der Waals surface area contributed by atoms with E-state index in [2.05, 4.69) is 0 Å². The Hall–Kier alpha value is -1.38. The second-order valence-corrected chi connectivity index (χ2v) is 2.84. The molecular weight excluding hydrogens is 154 g/mol. The summed E-state index contributed by atoms with van der Waals surface area (Å²) in [5, 5.41) is 0. The number of carbonyl (C=O) groups is 2. The largest absolute Gasteiger partial charge is 0.347 e. The fraction of sp³-hybridized carbons (Fsp3) is 0.333. The van der Waals surface area contributed by atoms with Gasteiger partial charge in [0.15, 0.2) is 11.6 Å². The minimum Gasteiger partial charge on any atom is -0.347 e. The van der Waals surface area contributed by atoms with Gasteiger partial charge in [0.2, 0.25) is 0 Å². The Bertz CT molecular complexity index is 336. The molecule has 1 heterocycles. The Balaban J connectivity index is 3.17. The molecule has 0 spiro atoms. The maximum atomic E-state index is 11.0. The second-order valence-electron chi connectivity index (χ2n) is 2.84. The molecule has 0 radical (unpaired) electrons. The molecule has 0 saturated heterocycles. The predicted octanol–water partition coefficient (Wildman–Crippen LogP) is 1.43. The van der Waals surface area contributed by atoms with E-state index in [-0.39, 0.29) is 11.6 Å². The summed E-state index contributed by atoms with van der Waals surface area (Å²) < 4.78 is 1.67. The number of hydrogen-bond acceptors (Lipinski definition) is 2. The lowest BCUT2D eigenvalue weighted by Gasteiger charge is -1.94. The van der Waals surface area contributed by atoms with E-state index in [0.717, 1.165) is 0 Å². The summed E-state index contributed by atoms with van der Waals surface area (Å²) in [6.45, 7) is 2.97. The fourth-order valence-electron chi connectivity index (χ4n) is 1.11. The van der Waals surface area contributed by atoms with E-state index < -0.39 is 0 Å². The average Bonchev–Trinajstić information content (AvgIpc) is 2.30. The van der Waals surface area contributed by atoms with Gasteiger partial charge in [-0.25, -0.2) is 0 Å². The highest BCUT2D eigenvalue weighted by Gasteiger charge is 2.09. The third-order valence-corrected chi connectivity index (χ3v) is 1.77. The molecule has 1 rings (SSSR count). The molecule has 64 valence electrons. The van der Waals surface area contributed by atoms with Crippen molar-refractivity contribution in [2.24, 2.45) is 7.05 Å². The van der Waals surface area contributed by atoms with E-state index in [0.29, 0.717) is 11.3 Å². The van der Waals surface area contributed by atoms with Crippen LogP contribution in [-0.2, 0) is 7.05 Å². The number of nitrogens with zero attached hydrogens (tertiary/aromatic N) is 1. The fourth-order valence-corrected chi connectivity index (χ4v) is 1.11. The molecule has 0 unspecified atom stereocenters. The highest BCUT2D eigenvalue weighted by Crippen LogP contribution is 2.08. The van der Waals surface area contributed by atoms with Gasteiger partial charge >= 0.3 is 0 Å². The van der Waals surface area contributed by atoms with Crippen molar-refractivity contribution in [2.75, 3.05) is 0 Å². The Morgan fingerprint density at radius 3 is 2.08 bits per heavy atom. The maximum absolute atomic E-state index is 11.0. The molecule has 0 aromatic carbocycles. The smallest absolute Gasteiger partial charge is 0.176 e. The minimum absolute atomic E-state index is 0.0156. The van der Waals surface area contributed by atoms with E-state index >= 15 is 0 Å². The lowest BCUT2D eigenvalue weighted by atomic mass is 10.2. The lowest BCUT2D eigenvalue weighted by molar-refractivity contribution is 0.100. The summed E-state index contributed by atoms with van der Waals surface area (Å²) in [4.78, 5) is 21.9. The standard InChI is InChI=1S/C9H11NO2/c1-6(11)8-4-9(7(2)12)10(3)5-8/h4-5H,1-3H3. The molecule has 0 aliphatic rings. The minimum atomic E-state index is -0.0231. The van der Waals surface area contributed by atoms with Gasteiger partial charge in [-0.2, -0.15) is 0 Å². The van der Waals surface area contributed by atoms with Crippen molar-refractivity contribution in [2.45, 2.75) is 13.8 Å². The first kappa shape index (κ1) is 8.71. The van der Waals surface area contributed by atoms with Crippen molar-refractivity contribution >= 4 is 11.6 Å². The van der Waals surface area contributed by atoms with Gasteiger partial charge in [-0.05, 0) is 13.0 Å². The van der Waals surface area contributed by atoms with Gasteiger partial charge in [0.05, 0.1) is 5.69 Å². The first-order chi connectivity index (χ1) is 5.52. The first-order valence-corrected chi connectivity index (χ1v) is 3.70. The van der Waals surface area contributed by atoms with Gasteiger partial charge in [-0.3, -0.25) is 9.59 Å². The molecule has 0 bridgehead atoms. The van der Waals surface area contributed by atoms with Crippen LogP contribution < -0.4 is 0 Å². The molecule has 0 atom stereocenters. The van der Waals surface area contributed by atoms with Gasteiger partial charge in [0.25, 0.3) is 0 Å². The zero-order chi connectivity index (χ0) is 9.30. The number of hydrogen-bond donors (Lipinski definition) is 0. The van der Waals surface area contributed by atoms with Crippen LogP contribution in [0.15, 0.2) is 12.3 Å². The van der Waals surface area contributed by atoms with Crippen molar-refractivity contribution in [1.29, 1.82) is 0 Å². The molecule has 12 heavy (non-hydrogen) atoms. The number of aryl methyl sites for hydroxylation is 1. The van der Waals surface area contributed by atoms with Crippen molar-refractivity contribution in [1.82, 2.24) is 4.57 Å². The SMILES string of the molecule is CC(=O)c1cc(C(C)=O)n(C)c1. The highest BCUT2D eigenvalue weighted by molar-refractivity contribution is 5.99. The summed E-state index contributed by atoms with van der Waals surface area (Å²) in [7, 11) is 1.75. The van der Waals surface area contributed by atoms with E-state index in [9.17, 15) is 9.59 Å². The van der Waals surface area contributed by atoms with Crippen LogP contribution in [0.5, 0.6) is 0 Å². The molecular formula is C9H11NO2. The Morgan fingerprint density at radius 2 is 1.83 bits per heavy atom. The molecule has 0 amide bonds. The van der Waals surface area contributed by atoms with Crippen molar-refractivity contribution in [3.63, 3.8) is 0 Å². The van der Waals surface area contributed by atoms with Crippen molar-refractivity contribution in [3.8, 4) is 0 Å². The molecule has 0 N–H and O–H groups in total. The van der Waals surface area contributed by atoms with E-state index in [1.807, 2.05) is 0 Å². The van der Waals surface area contributed by atoms with E-state index in [4.69, 9.17) is 0 Å². The van der Waals surface area contributed by atoms with Gasteiger partial charge in [0.1, 0.15) is 0 Å². The molecule has 0 saturated carbocycles. The zero-order valence-corrected chi connectivity index (χ0v) is 7.42. The molecule has 0 aliphatic heterocycles. The molecule has 3 nitrogen and oxygen atoms in total. The normalized spacial score (nSPS) is 9.92. The monoisotopic (exact) mass is 165 g/mol. The molecule has 1 aromatic heterocycles. The van der Waals surface area contributed by atoms with Crippen molar-refractivity contribution < 1.29 is 9.59 Å².